The van der Waals surface area contributed by atoms with Crippen LogP contribution in [-0.4, -0.2) is 5.78 Å². The third kappa shape index (κ3) is 2.15. The second kappa shape index (κ2) is 3.73. The fraction of sp³-hybridized carbons (Fsp3) is 0.364. The predicted molar refractivity (Wildman–Crippen MR) is 60.2 cm³/mol. The molecule has 2 rings (SSSR count). The Hall–Kier alpha value is -0.830. The summed E-state index contributed by atoms with van der Waals surface area (Å²) >= 11 is 3.34. The van der Waals surface area contributed by atoms with Crippen LogP contribution in [0.5, 0.6) is 0 Å². The van der Waals surface area contributed by atoms with Crippen LogP contribution in [0.3, 0.4) is 0 Å². The fourth-order valence-electron chi connectivity index (χ4n) is 1.46. The van der Waals surface area contributed by atoms with Gasteiger partial charge in [-0.25, -0.2) is 0 Å². The number of nitrogen functional groups attached to an aromatic ring is 1. The van der Waals surface area contributed by atoms with Gasteiger partial charge in [0.2, 0.25) is 0 Å². The highest BCUT2D eigenvalue weighted by Crippen LogP contribution is 2.34. The minimum Gasteiger partial charge on any atom is -0.398 e. The van der Waals surface area contributed by atoms with Gasteiger partial charge in [0.25, 0.3) is 0 Å². The van der Waals surface area contributed by atoms with E-state index < -0.39 is 0 Å². The maximum Gasteiger partial charge on any atom is 0.165 e. The van der Waals surface area contributed by atoms with Crippen molar-refractivity contribution in [2.75, 3.05) is 5.73 Å². The average molecular weight is 254 g/mol. The molecule has 74 valence electrons. The molecule has 2 N–H and O–H groups in total. The molecule has 0 unspecified atom stereocenters. The molecule has 2 nitrogen and oxygen atoms in total. The van der Waals surface area contributed by atoms with E-state index in [0.29, 0.717) is 23.6 Å². The SMILES string of the molecule is Nc1ccc(Br)cc1C(=O)CC1CC1. The van der Waals surface area contributed by atoms with Crippen molar-refractivity contribution in [3.8, 4) is 0 Å². The molecule has 0 amide bonds. The molecule has 0 spiro atoms. The van der Waals surface area contributed by atoms with E-state index in [1.807, 2.05) is 6.07 Å². The van der Waals surface area contributed by atoms with Gasteiger partial charge in [-0.2, -0.15) is 0 Å². The van der Waals surface area contributed by atoms with Crippen molar-refractivity contribution in [3.63, 3.8) is 0 Å². The largest absolute Gasteiger partial charge is 0.398 e. The predicted octanol–water partition coefficient (Wildman–Crippen LogP) is 3.01. The number of halogens is 1. The highest BCUT2D eigenvalue weighted by molar-refractivity contribution is 9.10. The quantitative estimate of drug-likeness (QED) is 0.665. The molecule has 1 aromatic carbocycles. The number of benzene rings is 1. The molecular formula is C11H12BrNO. The smallest absolute Gasteiger partial charge is 0.165 e. The molecular weight excluding hydrogens is 242 g/mol. The Morgan fingerprint density at radius 3 is 2.86 bits per heavy atom. The molecule has 3 heteroatoms. The molecule has 0 aliphatic heterocycles. The van der Waals surface area contributed by atoms with E-state index in [4.69, 9.17) is 5.73 Å². The molecule has 0 aromatic heterocycles. The summed E-state index contributed by atoms with van der Waals surface area (Å²) in [6.07, 6.45) is 3.04. The lowest BCUT2D eigenvalue weighted by Crippen LogP contribution is -2.04. The Balaban J connectivity index is 2.20. The summed E-state index contributed by atoms with van der Waals surface area (Å²) in [7, 11) is 0. The van der Waals surface area contributed by atoms with Crippen LogP contribution in [-0.2, 0) is 0 Å². The van der Waals surface area contributed by atoms with Crippen molar-refractivity contribution in [3.05, 3.63) is 28.2 Å². The maximum atomic E-state index is 11.8. The molecule has 0 bridgehead atoms. The van der Waals surface area contributed by atoms with E-state index in [0.717, 1.165) is 4.47 Å². The molecule has 1 fully saturated rings. The summed E-state index contributed by atoms with van der Waals surface area (Å²) in [5.41, 5.74) is 6.99. The number of nitrogens with two attached hydrogens (primary N) is 1. The molecule has 1 aliphatic carbocycles. The average Bonchev–Trinajstić information content (AvgIpc) is 2.93. The van der Waals surface area contributed by atoms with Gasteiger partial charge in [-0.1, -0.05) is 15.9 Å². The number of ketones is 1. The molecule has 1 aromatic rings. The normalized spacial score (nSPS) is 15.5. The van der Waals surface area contributed by atoms with Gasteiger partial charge >= 0.3 is 0 Å². The van der Waals surface area contributed by atoms with Gasteiger partial charge in [0.1, 0.15) is 0 Å². The molecule has 0 saturated heterocycles. The molecule has 1 saturated carbocycles. The third-order valence-electron chi connectivity index (χ3n) is 2.49. The highest BCUT2D eigenvalue weighted by Gasteiger charge is 2.25. The van der Waals surface area contributed by atoms with Crippen LogP contribution in [0.2, 0.25) is 0 Å². The van der Waals surface area contributed by atoms with Crippen molar-refractivity contribution in [1.29, 1.82) is 0 Å². The van der Waals surface area contributed by atoms with E-state index in [1.165, 1.54) is 12.8 Å². The van der Waals surface area contributed by atoms with Crippen LogP contribution in [0, 0.1) is 5.92 Å². The van der Waals surface area contributed by atoms with Gasteiger partial charge in [0, 0.05) is 22.1 Å². The summed E-state index contributed by atoms with van der Waals surface area (Å²) in [4.78, 5) is 11.8. The molecule has 0 heterocycles. The van der Waals surface area contributed by atoms with Crippen LogP contribution in [0.4, 0.5) is 5.69 Å². The van der Waals surface area contributed by atoms with Crippen LogP contribution < -0.4 is 5.73 Å². The number of hydrogen-bond donors (Lipinski definition) is 1. The maximum absolute atomic E-state index is 11.8. The van der Waals surface area contributed by atoms with E-state index in [2.05, 4.69) is 15.9 Å². The summed E-state index contributed by atoms with van der Waals surface area (Å²) in [6.45, 7) is 0. The monoisotopic (exact) mass is 253 g/mol. The van der Waals surface area contributed by atoms with Crippen LogP contribution >= 0.6 is 15.9 Å². The van der Waals surface area contributed by atoms with E-state index in [-0.39, 0.29) is 5.78 Å². The van der Waals surface area contributed by atoms with Crippen molar-refractivity contribution in [2.45, 2.75) is 19.3 Å². The minimum atomic E-state index is 0.173. The van der Waals surface area contributed by atoms with Gasteiger partial charge in [-0.05, 0) is 37.0 Å². The van der Waals surface area contributed by atoms with Crippen LogP contribution in [0.25, 0.3) is 0 Å². The van der Waals surface area contributed by atoms with Gasteiger partial charge in [-0.3, -0.25) is 4.79 Å². The van der Waals surface area contributed by atoms with Crippen molar-refractivity contribution in [2.24, 2.45) is 5.92 Å². The van der Waals surface area contributed by atoms with Crippen molar-refractivity contribution >= 4 is 27.4 Å². The van der Waals surface area contributed by atoms with E-state index in [1.54, 1.807) is 12.1 Å². The first-order chi connectivity index (χ1) is 6.66. The number of Topliss-reactive ketones (excluding diaryl/α,β-unsaturated/α-hetero) is 1. The Morgan fingerprint density at radius 2 is 2.21 bits per heavy atom. The number of hydrogen-bond acceptors (Lipinski definition) is 2. The van der Waals surface area contributed by atoms with Gasteiger partial charge in [-0.15, -0.1) is 0 Å². The number of carbonyl (C=O) groups is 1. The van der Waals surface area contributed by atoms with Crippen LogP contribution in [0.1, 0.15) is 29.6 Å². The lowest BCUT2D eigenvalue weighted by molar-refractivity contribution is 0.0977. The topological polar surface area (TPSA) is 43.1 Å². The Bertz CT molecular complexity index is 372. The molecule has 14 heavy (non-hydrogen) atoms. The number of anilines is 1. The Morgan fingerprint density at radius 1 is 1.50 bits per heavy atom. The van der Waals surface area contributed by atoms with E-state index in [9.17, 15) is 4.79 Å². The lowest BCUT2D eigenvalue weighted by atomic mass is 10.0. The minimum absolute atomic E-state index is 0.173. The number of rotatable bonds is 3. The summed E-state index contributed by atoms with van der Waals surface area (Å²) in [5.74, 6) is 0.784. The molecule has 1 aliphatic rings. The first-order valence-corrected chi connectivity index (χ1v) is 5.54. The van der Waals surface area contributed by atoms with E-state index >= 15 is 0 Å². The van der Waals surface area contributed by atoms with Crippen molar-refractivity contribution in [1.82, 2.24) is 0 Å². The first-order valence-electron chi connectivity index (χ1n) is 4.75. The fourth-order valence-corrected chi connectivity index (χ4v) is 1.83. The number of carbonyl (C=O) groups excluding carboxylic acids is 1. The molecule has 0 radical (unpaired) electrons. The zero-order chi connectivity index (χ0) is 10.1. The standard InChI is InChI=1S/C11H12BrNO/c12-8-3-4-10(13)9(6-8)11(14)5-7-1-2-7/h3-4,6-7H,1-2,5,13H2. The van der Waals surface area contributed by atoms with Gasteiger partial charge in [0.15, 0.2) is 5.78 Å². The lowest BCUT2D eigenvalue weighted by Gasteiger charge is -2.04. The third-order valence-corrected chi connectivity index (χ3v) is 2.98. The Labute approximate surface area is 91.6 Å². The second-order valence-electron chi connectivity index (χ2n) is 3.80. The first kappa shape index (κ1) is 9.71. The Kier molecular flexibility index (Phi) is 2.59. The zero-order valence-corrected chi connectivity index (χ0v) is 9.38. The van der Waals surface area contributed by atoms with Crippen molar-refractivity contribution < 1.29 is 4.79 Å². The van der Waals surface area contributed by atoms with Gasteiger partial charge < -0.3 is 5.73 Å². The zero-order valence-electron chi connectivity index (χ0n) is 7.79. The summed E-state index contributed by atoms with van der Waals surface area (Å²) in [6, 6.07) is 5.42. The summed E-state index contributed by atoms with van der Waals surface area (Å²) in [5, 5.41) is 0. The summed E-state index contributed by atoms with van der Waals surface area (Å²) < 4.78 is 0.908. The highest BCUT2D eigenvalue weighted by atomic mass is 79.9. The second-order valence-corrected chi connectivity index (χ2v) is 4.72. The molecule has 0 atom stereocenters. The van der Waals surface area contributed by atoms with Gasteiger partial charge in [0.05, 0.1) is 0 Å². The van der Waals surface area contributed by atoms with Crippen LogP contribution in [0.15, 0.2) is 22.7 Å².